The monoisotopic (exact) mass is 444 g/mol. The molecule has 0 bridgehead atoms. The average Bonchev–Trinajstić information content (AvgIpc) is 2.84. The molecule has 1 aliphatic rings. The van der Waals surface area contributed by atoms with Crippen LogP contribution in [-0.4, -0.2) is 18.7 Å². The van der Waals surface area contributed by atoms with Crippen LogP contribution in [0.1, 0.15) is 128 Å². The summed E-state index contributed by atoms with van der Waals surface area (Å²) < 4.78 is 12.0. The molecule has 182 valence electrons. The molecular weight excluding hydrogens is 396 g/mol. The van der Waals surface area contributed by atoms with E-state index in [1.165, 1.54) is 70.6 Å². The molecule has 1 atom stereocenters. The van der Waals surface area contributed by atoms with Crippen molar-refractivity contribution in [1.82, 2.24) is 0 Å². The predicted octanol–water partition coefficient (Wildman–Crippen LogP) is 8.57. The van der Waals surface area contributed by atoms with Crippen LogP contribution in [0.15, 0.2) is 30.3 Å². The van der Waals surface area contributed by atoms with E-state index < -0.39 is 0 Å². The molecule has 0 aliphatic heterocycles. The zero-order valence-corrected chi connectivity index (χ0v) is 20.9. The summed E-state index contributed by atoms with van der Waals surface area (Å²) in [5.74, 6) is 0.0131. The van der Waals surface area contributed by atoms with Gasteiger partial charge < -0.3 is 9.47 Å². The number of carbonyl (C=O) groups is 1. The first-order chi connectivity index (χ1) is 15.7. The van der Waals surface area contributed by atoms with Crippen molar-refractivity contribution in [2.24, 2.45) is 5.92 Å². The van der Waals surface area contributed by atoms with E-state index in [9.17, 15) is 4.79 Å². The van der Waals surface area contributed by atoms with Gasteiger partial charge in [-0.25, -0.2) is 0 Å². The van der Waals surface area contributed by atoms with Gasteiger partial charge in [-0.15, -0.1) is 0 Å². The van der Waals surface area contributed by atoms with E-state index in [1.54, 1.807) is 0 Å². The average molecular weight is 445 g/mol. The Labute approximate surface area is 197 Å². The normalized spacial score (nSPS) is 19.6. The smallest absolute Gasteiger partial charge is 0.309 e. The zero-order chi connectivity index (χ0) is 22.9. The number of benzene rings is 1. The van der Waals surface area contributed by atoms with Gasteiger partial charge in [-0.3, -0.25) is 4.79 Å². The Morgan fingerprint density at radius 2 is 1.38 bits per heavy atom. The van der Waals surface area contributed by atoms with Gasteiger partial charge in [0.2, 0.25) is 0 Å². The van der Waals surface area contributed by atoms with Crippen molar-refractivity contribution in [2.45, 2.75) is 129 Å². The van der Waals surface area contributed by atoms with Gasteiger partial charge in [-0.2, -0.15) is 0 Å². The molecular formula is C29H48O3. The van der Waals surface area contributed by atoms with Crippen molar-refractivity contribution >= 4 is 5.97 Å². The molecule has 1 saturated carbocycles. The minimum Gasteiger partial charge on any atom is -0.457 e. The molecule has 0 spiro atoms. The fraction of sp³-hybridized carbons (Fsp3) is 0.759. The highest BCUT2D eigenvalue weighted by atomic mass is 16.5. The van der Waals surface area contributed by atoms with Gasteiger partial charge in [0.05, 0.1) is 12.0 Å². The maximum Gasteiger partial charge on any atom is 0.309 e. The lowest BCUT2D eigenvalue weighted by Crippen LogP contribution is -2.28. The maximum atomic E-state index is 12.7. The first-order valence-electron chi connectivity index (χ1n) is 13.6. The fourth-order valence-corrected chi connectivity index (χ4v) is 4.77. The quantitative estimate of drug-likeness (QED) is 0.178. The summed E-state index contributed by atoms with van der Waals surface area (Å²) in [7, 11) is 0. The topological polar surface area (TPSA) is 35.5 Å². The van der Waals surface area contributed by atoms with Crippen molar-refractivity contribution in [3.05, 3.63) is 35.9 Å². The summed E-state index contributed by atoms with van der Waals surface area (Å²) in [6.45, 7) is 5.23. The van der Waals surface area contributed by atoms with E-state index in [4.69, 9.17) is 9.47 Å². The van der Waals surface area contributed by atoms with Crippen molar-refractivity contribution in [3.63, 3.8) is 0 Å². The molecule has 0 radical (unpaired) electrons. The van der Waals surface area contributed by atoms with Crippen LogP contribution in [0.4, 0.5) is 0 Å². The molecule has 1 unspecified atom stereocenters. The van der Waals surface area contributed by atoms with Crippen LogP contribution in [-0.2, 0) is 14.3 Å². The Kier molecular flexibility index (Phi) is 14.4. The van der Waals surface area contributed by atoms with Crippen LogP contribution in [0.2, 0.25) is 0 Å². The lowest BCUT2D eigenvalue weighted by atomic mass is 9.87. The van der Waals surface area contributed by atoms with Crippen LogP contribution in [0.5, 0.6) is 0 Å². The van der Waals surface area contributed by atoms with E-state index in [0.717, 1.165) is 44.3 Å². The molecule has 3 heteroatoms. The lowest BCUT2D eigenvalue weighted by molar-refractivity contribution is -0.156. The molecule has 0 N–H and O–H groups in total. The summed E-state index contributed by atoms with van der Waals surface area (Å²) in [6.07, 6.45) is 19.8. The number of carbonyl (C=O) groups excluding carboxylic acids is 1. The third-order valence-electron chi connectivity index (χ3n) is 6.91. The molecule has 2 rings (SSSR count). The number of hydrogen-bond donors (Lipinski definition) is 0. The number of unbranched alkanes of at least 4 members (excludes halogenated alkanes) is 10. The van der Waals surface area contributed by atoms with Crippen LogP contribution < -0.4 is 0 Å². The number of hydrogen-bond acceptors (Lipinski definition) is 3. The van der Waals surface area contributed by atoms with Crippen molar-refractivity contribution < 1.29 is 14.3 Å². The number of esters is 1. The third-order valence-corrected chi connectivity index (χ3v) is 6.91. The minimum atomic E-state index is -0.126. The van der Waals surface area contributed by atoms with Gasteiger partial charge in [0, 0.05) is 6.61 Å². The van der Waals surface area contributed by atoms with Crippen LogP contribution in [0, 0.1) is 5.92 Å². The molecule has 3 nitrogen and oxygen atoms in total. The van der Waals surface area contributed by atoms with Gasteiger partial charge >= 0.3 is 5.97 Å². The minimum absolute atomic E-state index is 0.0236. The standard InChI is InChI=1S/C29H48O3/c1-3-5-6-7-8-9-10-11-12-13-17-24-31-27-22-20-26(21-23-27)29(30)32-28(4-2)25-18-15-14-16-19-25/h14-16,18-19,26-28H,3-13,17,20-24H2,1-2H3. The SMILES string of the molecule is CCCCCCCCCCCCCOC1CCC(C(=O)OC(CC)c2ccccc2)CC1. The molecule has 0 saturated heterocycles. The van der Waals surface area contributed by atoms with Gasteiger partial charge in [0.15, 0.2) is 0 Å². The van der Waals surface area contributed by atoms with Crippen LogP contribution >= 0.6 is 0 Å². The Morgan fingerprint density at radius 3 is 1.94 bits per heavy atom. The Morgan fingerprint density at radius 1 is 0.812 bits per heavy atom. The summed E-state index contributed by atoms with van der Waals surface area (Å²) in [4.78, 5) is 12.7. The molecule has 0 amide bonds. The second kappa shape index (κ2) is 17.2. The first kappa shape index (κ1) is 26.9. The fourth-order valence-electron chi connectivity index (χ4n) is 4.77. The van der Waals surface area contributed by atoms with E-state index >= 15 is 0 Å². The summed E-state index contributed by atoms with van der Waals surface area (Å²) >= 11 is 0. The number of rotatable bonds is 17. The maximum absolute atomic E-state index is 12.7. The summed E-state index contributed by atoms with van der Waals surface area (Å²) in [5.41, 5.74) is 1.09. The zero-order valence-electron chi connectivity index (χ0n) is 20.9. The highest BCUT2D eigenvalue weighted by Crippen LogP contribution is 2.30. The Balaban J connectivity index is 1.47. The predicted molar refractivity (Wildman–Crippen MR) is 134 cm³/mol. The van der Waals surface area contributed by atoms with E-state index in [-0.39, 0.29) is 18.0 Å². The number of ether oxygens (including phenoxy) is 2. The first-order valence-corrected chi connectivity index (χ1v) is 13.6. The van der Waals surface area contributed by atoms with E-state index in [1.807, 2.05) is 30.3 Å². The molecule has 32 heavy (non-hydrogen) atoms. The van der Waals surface area contributed by atoms with Crippen molar-refractivity contribution in [1.29, 1.82) is 0 Å². The molecule has 1 fully saturated rings. The highest BCUT2D eigenvalue weighted by molar-refractivity contribution is 5.72. The van der Waals surface area contributed by atoms with E-state index in [2.05, 4.69) is 13.8 Å². The second-order valence-electron chi connectivity index (χ2n) is 9.62. The van der Waals surface area contributed by atoms with Crippen LogP contribution in [0.25, 0.3) is 0 Å². The van der Waals surface area contributed by atoms with Gasteiger partial charge in [0.25, 0.3) is 0 Å². The Bertz CT molecular complexity index is 577. The van der Waals surface area contributed by atoms with Gasteiger partial charge in [-0.05, 0) is 44.1 Å². The Hall–Kier alpha value is -1.35. The molecule has 0 aromatic heterocycles. The third kappa shape index (κ3) is 11.0. The van der Waals surface area contributed by atoms with Crippen LogP contribution in [0.3, 0.4) is 0 Å². The molecule has 1 aromatic rings. The molecule has 0 heterocycles. The second-order valence-corrected chi connectivity index (χ2v) is 9.62. The van der Waals surface area contributed by atoms with E-state index in [0.29, 0.717) is 6.10 Å². The molecule has 1 aliphatic carbocycles. The van der Waals surface area contributed by atoms with Gasteiger partial charge in [-0.1, -0.05) is 108 Å². The largest absolute Gasteiger partial charge is 0.457 e. The summed E-state index contributed by atoms with van der Waals surface area (Å²) in [5, 5.41) is 0. The lowest BCUT2D eigenvalue weighted by Gasteiger charge is -2.28. The van der Waals surface area contributed by atoms with Crippen molar-refractivity contribution in [3.8, 4) is 0 Å². The summed E-state index contributed by atoms with van der Waals surface area (Å²) in [6, 6.07) is 10.1. The highest BCUT2D eigenvalue weighted by Gasteiger charge is 2.29. The van der Waals surface area contributed by atoms with Gasteiger partial charge in [0.1, 0.15) is 6.10 Å². The molecule has 1 aromatic carbocycles. The van der Waals surface area contributed by atoms with Crippen molar-refractivity contribution in [2.75, 3.05) is 6.61 Å².